The zero-order valence-corrected chi connectivity index (χ0v) is 14.0. The minimum absolute atomic E-state index is 0.264. The van der Waals surface area contributed by atoms with Crippen LogP contribution in [0.2, 0.25) is 0 Å². The van der Waals surface area contributed by atoms with Crippen LogP contribution in [0.4, 0.5) is 5.95 Å². The molecule has 2 rings (SSSR count). The van der Waals surface area contributed by atoms with E-state index in [0.29, 0.717) is 5.95 Å². The van der Waals surface area contributed by atoms with Gasteiger partial charge in [-0.1, -0.05) is 39.0 Å². The van der Waals surface area contributed by atoms with Crippen LogP contribution in [0.15, 0.2) is 35.1 Å². The van der Waals surface area contributed by atoms with Crippen LogP contribution >= 0.6 is 0 Å². The van der Waals surface area contributed by atoms with E-state index in [1.807, 2.05) is 49.1 Å². The summed E-state index contributed by atoms with van der Waals surface area (Å²) in [5.74, 6) is 1.23. The molecule has 0 fully saturated rings. The molecule has 0 radical (unpaired) electrons. The Morgan fingerprint density at radius 1 is 1.05 bits per heavy atom. The first kappa shape index (κ1) is 16.2. The van der Waals surface area contributed by atoms with Gasteiger partial charge in [-0.3, -0.25) is 0 Å². The summed E-state index contributed by atoms with van der Waals surface area (Å²) >= 11 is 0. The number of nitrogens with zero attached hydrogens (tertiary/aromatic N) is 4. The molecule has 22 heavy (non-hydrogen) atoms. The van der Waals surface area contributed by atoms with Gasteiger partial charge in [0, 0.05) is 18.5 Å². The lowest BCUT2D eigenvalue weighted by molar-refractivity contribution is 0.513. The fourth-order valence-corrected chi connectivity index (χ4v) is 2.36. The van der Waals surface area contributed by atoms with Crippen molar-refractivity contribution in [2.75, 3.05) is 18.0 Å². The third kappa shape index (κ3) is 3.18. The van der Waals surface area contributed by atoms with Crippen LogP contribution < -0.4 is 10.6 Å². The van der Waals surface area contributed by atoms with Gasteiger partial charge in [0.2, 0.25) is 5.95 Å². The maximum Gasteiger partial charge on any atom is 0.356 e. The Hall–Kier alpha value is -2.17. The second-order valence-electron chi connectivity index (χ2n) is 6.22. The lowest BCUT2D eigenvalue weighted by Crippen LogP contribution is -2.36. The molecule has 2 aromatic rings. The van der Waals surface area contributed by atoms with Crippen LogP contribution in [-0.4, -0.2) is 27.6 Å². The Bertz CT molecular complexity index is 682. The molecule has 0 saturated carbocycles. The van der Waals surface area contributed by atoms with E-state index in [1.54, 1.807) is 4.57 Å². The number of benzene rings is 1. The molecular weight excluding hydrogens is 276 g/mol. The van der Waals surface area contributed by atoms with E-state index in [9.17, 15) is 4.79 Å². The Labute approximate surface area is 131 Å². The second-order valence-corrected chi connectivity index (χ2v) is 6.22. The second kappa shape index (κ2) is 6.30. The van der Waals surface area contributed by atoms with Crippen LogP contribution in [0.5, 0.6) is 0 Å². The summed E-state index contributed by atoms with van der Waals surface area (Å²) in [7, 11) is 0. The maximum atomic E-state index is 12.6. The number of aromatic nitrogens is 3. The molecule has 0 amide bonds. The summed E-state index contributed by atoms with van der Waals surface area (Å²) in [5.41, 5.74) is 0.247. The predicted octanol–water partition coefficient (Wildman–Crippen LogP) is 2.77. The third-order valence-electron chi connectivity index (χ3n) is 3.54. The van der Waals surface area contributed by atoms with Crippen molar-refractivity contribution in [1.29, 1.82) is 0 Å². The summed E-state index contributed by atoms with van der Waals surface area (Å²) < 4.78 is 1.60. The molecule has 1 aromatic carbocycles. The number of hydrogen-bond donors (Lipinski definition) is 0. The van der Waals surface area contributed by atoms with E-state index in [-0.39, 0.29) is 11.1 Å². The van der Waals surface area contributed by atoms with Crippen molar-refractivity contribution in [2.24, 2.45) is 0 Å². The van der Waals surface area contributed by atoms with Gasteiger partial charge >= 0.3 is 5.69 Å². The average Bonchev–Trinajstić information content (AvgIpc) is 2.48. The fraction of sp³-hybridized carbons (Fsp3) is 0.471. The van der Waals surface area contributed by atoms with Gasteiger partial charge in [-0.15, -0.1) is 0 Å². The molecule has 5 heteroatoms. The highest BCUT2D eigenvalue weighted by Gasteiger charge is 2.24. The molecular formula is C17H24N4O. The molecule has 0 unspecified atom stereocenters. The molecule has 0 aliphatic heterocycles. The van der Waals surface area contributed by atoms with Crippen molar-refractivity contribution in [1.82, 2.24) is 14.5 Å². The SMILES string of the molecule is CCN(CC)c1nc(C(C)(C)C)n(-c2ccccc2)c(=O)n1. The number of rotatable bonds is 4. The standard InChI is InChI=1S/C17H24N4O/c1-6-20(7-2)15-18-14(17(3,4)5)21(16(22)19-15)13-11-9-8-10-12-13/h8-12H,6-7H2,1-5H3. The highest BCUT2D eigenvalue weighted by atomic mass is 16.1. The smallest absolute Gasteiger partial charge is 0.341 e. The average molecular weight is 300 g/mol. The van der Waals surface area contributed by atoms with Crippen molar-refractivity contribution in [3.8, 4) is 5.69 Å². The molecule has 5 nitrogen and oxygen atoms in total. The quantitative estimate of drug-likeness (QED) is 0.871. The Morgan fingerprint density at radius 3 is 2.14 bits per heavy atom. The Morgan fingerprint density at radius 2 is 1.64 bits per heavy atom. The highest BCUT2D eigenvalue weighted by Crippen LogP contribution is 2.23. The molecule has 0 spiro atoms. The van der Waals surface area contributed by atoms with E-state index >= 15 is 0 Å². The van der Waals surface area contributed by atoms with Crippen LogP contribution in [0.1, 0.15) is 40.4 Å². The van der Waals surface area contributed by atoms with Gasteiger partial charge in [0.05, 0.1) is 5.69 Å². The van der Waals surface area contributed by atoms with Gasteiger partial charge in [0.15, 0.2) is 0 Å². The topological polar surface area (TPSA) is 51.0 Å². The molecule has 0 aliphatic carbocycles. The number of anilines is 1. The first-order chi connectivity index (χ1) is 10.4. The maximum absolute atomic E-state index is 12.6. The van der Waals surface area contributed by atoms with Crippen molar-refractivity contribution in [3.63, 3.8) is 0 Å². The molecule has 0 saturated heterocycles. The molecule has 1 heterocycles. The van der Waals surface area contributed by atoms with Crippen LogP contribution in [0.25, 0.3) is 5.69 Å². The first-order valence-electron chi connectivity index (χ1n) is 7.70. The molecule has 118 valence electrons. The zero-order chi connectivity index (χ0) is 16.3. The molecule has 0 N–H and O–H groups in total. The van der Waals surface area contributed by atoms with E-state index in [4.69, 9.17) is 4.98 Å². The number of para-hydroxylation sites is 1. The minimum Gasteiger partial charge on any atom is -0.341 e. The van der Waals surface area contributed by atoms with Crippen molar-refractivity contribution < 1.29 is 0 Å². The lowest BCUT2D eigenvalue weighted by atomic mass is 9.95. The van der Waals surface area contributed by atoms with Crippen molar-refractivity contribution in [3.05, 3.63) is 46.6 Å². The van der Waals surface area contributed by atoms with Crippen LogP contribution in [-0.2, 0) is 5.41 Å². The van der Waals surface area contributed by atoms with Crippen molar-refractivity contribution in [2.45, 2.75) is 40.0 Å². The number of hydrogen-bond acceptors (Lipinski definition) is 4. The highest BCUT2D eigenvalue weighted by molar-refractivity contribution is 5.36. The van der Waals surface area contributed by atoms with E-state index < -0.39 is 0 Å². The minimum atomic E-state index is -0.284. The van der Waals surface area contributed by atoms with E-state index in [0.717, 1.165) is 24.6 Å². The van der Waals surface area contributed by atoms with Gasteiger partial charge in [-0.25, -0.2) is 9.36 Å². The Balaban J connectivity index is 2.72. The van der Waals surface area contributed by atoms with Crippen LogP contribution in [0.3, 0.4) is 0 Å². The van der Waals surface area contributed by atoms with Gasteiger partial charge < -0.3 is 4.90 Å². The summed E-state index contributed by atoms with van der Waals surface area (Å²) in [6.07, 6.45) is 0. The monoisotopic (exact) mass is 300 g/mol. The van der Waals surface area contributed by atoms with Gasteiger partial charge in [-0.05, 0) is 26.0 Å². The van der Waals surface area contributed by atoms with Crippen LogP contribution in [0, 0.1) is 0 Å². The lowest BCUT2D eigenvalue weighted by Gasteiger charge is -2.25. The summed E-state index contributed by atoms with van der Waals surface area (Å²) in [4.78, 5) is 23.5. The van der Waals surface area contributed by atoms with Gasteiger partial charge in [-0.2, -0.15) is 9.97 Å². The molecule has 0 aliphatic rings. The predicted molar refractivity (Wildman–Crippen MR) is 89.9 cm³/mol. The molecule has 0 bridgehead atoms. The third-order valence-corrected chi connectivity index (χ3v) is 3.54. The van der Waals surface area contributed by atoms with Gasteiger partial charge in [0.25, 0.3) is 0 Å². The first-order valence-corrected chi connectivity index (χ1v) is 7.70. The van der Waals surface area contributed by atoms with Crippen molar-refractivity contribution >= 4 is 5.95 Å². The molecule has 0 atom stereocenters. The largest absolute Gasteiger partial charge is 0.356 e. The normalized spacial score (nSPS) is 11.5. The summed E-state index contributed by atoms with van der Waals surface area (Å²) in [6.45, 7) is 11.8. The Kier molecular flexibility index (Phi) is 4.64. The van der Waals surface area contributed by atoms with E-state index in [1.165, 1.54) is 0 Å². The summed E-state index contributed by atoms with van der Waals surface area (Å²) in [5, 5.41) is 0. The molecule has 1 aromatic heterocycles. The zero-order valence-electron chi connectivity index (χ0n) is 14.0. The summed E-state index contributed by atoms with van der Waals surface area (Å²) in [6, 6.07) is 9.55. The van der Waals surface area contributed by atoms with Gasteiger partial charge in [0.1, 0.15) is 5.82 Å². The van der Waals surface area contributed by atoms with E-state index in [2.05, 4.69) is 25.8 Å². The fourth-order valence-electron chi connectivity index (χ4n) is 2.36.